The Labute approximate surface area is 123 Å². The summed E-state index contributed by atoms with van der Waals surface area (Å²) in [6.07, 6.45) is 1.77. The topological polar surface area (TPSA) is 67.9 Å². The van der Waals surface area contributed by atoms with Crippen LogP contribution in [-0.4, -0.2) is 38.7 Å². The van der Waals surface area contributed by atoms with Gasteiger partial charge in [0.25, 0.3) is 5.91 Å². The maximum Gasteiger partial charge on any atom is 0.264 e. The van der Waals surface area contributed by atoms with Gasteiger partial charge in [-0.3, -0.25) is 9.59 Å². The second-order valence-electron chi connectivity index (χ2n) is 5.33. The molecular weight excluding hydrogens is 272 g/mol. The first-order chi connectivity index (χ1) is 10.1. The first-order valence-electron chi connectivity index (χ1n) is 7.07. The van der Waals surface area contributed by atoms with E-state index in [2.05, 4.69) is 5.32 Å². The van der Waals surface area contributed by atoms with Crippen molar-refractivity contribution in [3.63, 3.8) is 0 Å². The molecule has 1 fully saturated rings. The minimum atomic E-state index is -0.0973. The third-order valence-corrected chi connectivity index (χ3v) is 3.85. The molecule has 3 rings (SSSR count). The van der Waals surface area contributed by atoms with Gasteiger partial charge in [-0.25, -0.2) is 0 Å². The van der Waals surface area contributed by atoms with Gasteiger partial charge in [-0.05, 0) is 25.0 Å². The summed E-state index contributed by atoms with van der Waals surface area (Å²) < 4.78 is 10.7. The van der Waals surface area contributed by atoms with Crippen LogP contribution in [0.5, 0.6) is 5.75 Å². The highest BCUT2D eigenvalue weighted by Gasteiger charge is 2.24. The Bertz CT molecular complexity index is 567. The number of nitrogens with zero attached hydrogens (tertiary/aromatic N) is 1. The quantitative estimate of drug-likeness (QED) is 0.894. The molecule has 0 spiro atoms. The lowest BCUT2D eigenvalue weighted by Gasteiger charge is -2.26. The molecule has 112 valence electrons. The van der Waals surface area contributed by atoms with E-state index in [0.29, 0.717) is 23.7 Å². The van der Waals surface area contributed by atoms with E-state index >= 15 is 0 Å². The maximum atomic E-state index is 12.2. The average Bonchev–Trinajstić information content (AvgIpc) is 2.52. The highest BCUT2D eigenvalue weighted by atomic mass is 16.5. The fraction of sp³-hybridized carbons (Fsp3) is 0.467. The summed E-state index contributed by atoms with van der Waals surface area (Å²) >= 11 is 0. The van der Waals surface area contributed by atoms with Crippen LogP contribution in [0.15, 0.2) is 18.2 Å². The molecule has 0 saturated carbocycles. The Kier molecular flexibility index (Phi) is 3.79. The highest BCUT2D eigenvalue weighted by molar-refractivity contribution is 5.98. The van der Waals surface area contributed by atoms with Crippen molar-refractivity contribution in [2.75, 3.05) is 37.1 Å². The highest BCUT2D eigenvalue weighted by Crippen LogP contribution is 2.33. The number of likely N-dealkylation sites (N-methyl/N-ethyl adjacent to an activating group) is 1. The van der Waals surface area contributed by atoms with Gasteiger partial charge >= 0.3 is 0 Å². The molecule has 2 amide bonds. The number of amides is 2. The van der Waals surface area contributed by atoms with Gasteiger partial charge < -0.3 is 19.7 Å². The summed E-state index contributed by atoms with van der Waals surface area (Å²) in [6.45, 7) is 1.23. The van der Waals surface area contributed by atoms with Crippen molar-refractivity contribution in [1.82, 2.24) is 0 Å². The molecule has 0 bridgehead atoms. The zero-order valence-corrected chi connectivity index (χ0v) is 11.9. The lowest BCUT2D eigenvalue weighted by atomic mass is 10.0. The lowest BCUT2D eigenvalue weighted by molar-refractivity contribution is -0.123. The predicted octanol–water partition coefficient (Wildman–Crippen LogP) is 1.41. The van der Waals surface area contributed by atoms with Crippen LogP contribution in [0, 0.1) is 5.92 Å². The molecule has 0 radical (unpaired) electrons. The first-order valence-corrected chi connectivity index (χ1v) is 7.07. The van der Waals surface area contributed by atoms with Crippen LogP contribution < -0.4 is 15.0 Å². The monoisotopic (exact) mass is 290 g/mol. The largest absolute Gasteiger partial charge is 0.481 e. The number of benzene rings is 1. The minimum absolute atomic E-state index is 0.0252. The average molecular weight is 290 g/mol. The maximum absolute atomic E-state index is 12.2. The van der Waals surface area contributed by atoms with Gasteiger partial charge in [0, 0.05) is 25.4 Å². The zero-order valence-electron chi connectivity index (χ0n) is 11.9. The van der Waals surface area contributed by atoms with Crippen molar-refractivity contribution < 1.29 is 19.1 Å². The van der Waals surface area contributed by atoms with Crippen LogP contribution in [0.1, 0.15) is 12.8 Å². The van der Waals surface area contributed by atoms with Crippen molar-refractivity contribution in [2.45, 2.75) is 12.8 Å². The molecule has 0 aliphatic carbocycles. The van der Waals surface area contributed by atoms with Crippen molar-refractivity contribution >= 4 is 23.2 Å². The number of rotatable bonds is 2. The Morgan fingerprint density at radius 3 is 3.05 bits per heavy atom. The predicted molar refractivity (Wildman–Crippen MR) is 77.5 cm³/mol. The number of anilines is 2. The third kappa shape index (κ3) is 2.85. The van der Waals surface area contributed by atoms with Crippen LogP contribution >= 0.6 is 0 Å². The number of carbonyl (C=O) groups excluding carboxylic acids is 2. The van der Waals surface area contributed by atoms with E-state index in [1.807, 2.05) is 0 Å². The molecule has 1 N–H and O–H groups in total. The van der Waals surface area contributed by atoms with Crippen molar-refractivity contribution in [3.8, 4) is 5.75 Å². The molecule has 6 heteroatoms. The second-order valence-corrected chi connectivity index (χ2v) is 5.33. The van der Waals surface area contributed by atoms with Gasteiger partial charge in [0.1, 0.15) is 5.75 Å². The van der Waals surface area contributed by atoms with E-state index in [4.69, 9.17) is 9.47 Å². The summed E-state index contributed by atoms with van der Waals surface area (Å²) in [4.78, 5) is 25.3. The molecule has 1 aromatic carbocycles. The Morgan fingerprint density at radius 1 is 1.43 bits per heavy atom. The standard InChI is InChI=1S/C15H18N2O4/c1-17-12-5-4-11(7-13(12)21-9-14(17)18)16-15(19)10-3-2-6-20-8-10/h4-5,7,10H,2-3,6,8-9H2,1H3,(H,16,19)/t10-/m0/s1. The SMILES string of the molecule is CN1C(=O)COc2cc(NC(=O)[C@H]3CCCOC3)ccc21. The molecule has 0 aromatic heterocycles. The van der Waals surface area contributed by atoms with Gasteiger partial charge in [-0.1, -0.05) is 0 Å². The van der Waals surface area contributed by atoms with E-state index in [0.717, 1.165) is 19.4 Å². The molecule has 1 atom stereocenters. The fourth-order valence-electron chi connectivity index (χ4n) is 2.55. The van der Waals surface area contributed by atoms with Crippen LogP contribution in [0.2, 0.25) is 0 Å². The van der Waals surface area contributed by atoms with Crippen LogP contribution in [0.25, 0.3) is 0 Å². The normalized spacial score (nSPS) is 21.5. The smallest absolute Gasteiger partial charge is 0.264 e. The Hall–Kier alpha value is -2.08. The summed E-state index contributed by atoms with van der Waals surface area (Å²) in [5, 5.41) is 2.89. The van der Waals surface area contributed by atoms with Crippen molar-refractivity contribution in [1.29, 1.82) is 0 Å². The molecule has 2 aliphatic heterocycles. The number of nitrogens with one attached hydrogen (secondary N) is 1. The lowest BCUT2D eigenvalue weighted by Crippen LogP contribution is -2.35. The fourth-order valence-corrected chi connectivity index (χ4v) is 2.55. The number of hydrogen-bond donors (Lipinski definition) is 1. The third-order valence-electron chi connectivity index (χ3n) is 3.85. The van der Waals surface area contributed by atoms with Crippen LogP contribution in [-0.2, 0) is 14.3 Å². The summed E-state index contributed by atoms with van der Waals surface area (Å²) in [7, 11) is 1.71. The Balaban J connectivity index is 1.72. The number of hydrogen-bond acceptors (Lipinski definition) is 4. The molecule has 1 saturated heterocycles. The van der Waals surface area contributed by atoms with Gasteiger partial charge in [-0.15, -0.1) is 0 Å². The Morgan fingerprint density at radius 2 is 2.29 bits per heavy atom. The van der Waals surface area contributed by atoms with Gasteiger partial charge in [-0.2, -0.15) is 0 Å². The summed E-state index contributed by atoms with van der Waals surface area (Å²) in [5.74, 6) is 0.392. The van der Waals surface area contributed by atoms with Crippen molar-refractivity contribution in [2.24, 2.45) is 5.92 Å². The molecule has 0 unspecified atom stereocenters. The minimum Gasteiger partial charge on any atom is -0.481 e. The molecule has 2 heterocycles. The van der Waals surface area contributed by atoms with E-state index in [9.17, 15) is 9.59 Å². The number of fused-ring (bicyclic) bond motifs is 1. The van der Waals surface area contributed by atoms with Crippen LogP contribution in [0.4, 0.5) is 11.4 Å². The first kappa shape index (κ1) is 13.9. The van der Waals surface area contributed by atoms with E-state index in [1.165, 1.54) is 0 Å². The van der Waals surface area contributed by atoms with Crippen molar-refractivity contribution in [3.05, 3.63) is 18.2 Å². The van der Waals surface area contributed by atoms with Crippen LogP contribution in [0.3, 0.4) is 0 Å². The molecule has 21 heavy (non-hydrogen) atoms. The van der Waals surface area contributed by atoms with Gasteiger partial charge in [0.2, 0.25) is 5.91 Å². The summed E-state index contributed by atoms with van der Waals surface area (Å²) in [6, 6.07) is 5.30. The molecule has 6 nitrogen and oxygen atoms in total. The van der Waals surface area contributed by atoms with E-state index in [1.54, 1.807) is 30.1 Å². The molecule has 2 aliphatic rings. The number of ether oxygens (including phenoxy) is 2. The van der Waals surface area contributed by atoms with Gasteiger partial charge in [0.15, 0.2) is 6.61 Å². The molecular formula is C15H18N2O4. The number of carbonyl (C=O) groups is 2. The van der Waals surface area contributed by atoms with E-state index < -0.39 is 0 Å². The van der Waals surface area contributed by atoms with E-state index in [-0.39, 0.29) is 24.3 Å². The zero-order chi connectivity index (χ0) is 14.8. The molecule has 1 aromatic rings. The second kappa shape index (κ2) is 5.73. The van der Waals surface area contributed by atoms with Gasteiger partial charge in [0.05, 0.1) is 18.2 Å². The summed E-state index contributed by atoms with van der Waals surface area (Å²) in [5.41, 5.74) is 1.39.